The highest BCUT2D eigenvalue weighted by Gasteiger charge is 2.23. The molecule has 5 heteroatoms. The number of hydrogen-bond donors (Lipinski definition) is 0. The van der Waals surface area contributed by atoms with Crippen LogP contribution in [0.2, 0.25) is 0 Å². The second-order valence-corrected chi connectivity index (χ2v) is 3.59. The molecular formula is C11H11F2NO2. The van der Waals surface area contributed by atoms with E-state index in [0.29, 0.717) is 13.1 Å². The van der Waals surface area contributed by atoms with Gasteiger partial charge in [0.15, 0.2) is 0 Å². The highest BCUT2D eigenvalue weighted by Crippen LogP contribution is 2.22. The molecule has 0 unspecified atom stereocenters. The molecule has 0 aliphatic carbocycles. The normalized spacial score (nSPS) is 14.3. The van der Waals surface area contributed by atoms with Crippen molar-refractivity contribution < 1.29 is 18.3 Å². The molecule has 3 nitrogen and oxygen atoms in total. The summed E-state index contributed by atoms with van der Waals surface area (Å²) in [4.78, 5) is 13.0. The SMILES string of the molecule is O=C(COC(F)F)N1Cc2ccccc2C1. The molecule has 2 rings (SSSR count). The van der Waals surface area contributed by atoms with Gasteiger partial charge in [0.25, 0.3) is 0 Å². The second kappa shape index (κ2) is 4.57. The standard InChI is InChI=1S/C11H11F2NO2/c12-11(13)16-7-10(15)14-5-8-3-1-2-4-9(8)6-14/h1-4,11H,5-7H2. The van der Waals surface area contributed by atoms with Crippen LogP contribution in [0.3, 0.4) is 0 Å². The van der Waals surface area contributed by atoms with Gasteiger partial charge in [-0.05, 0) is 11.1 Å². The maximum atomic E-state index is 11.8. The van der Waals surface area contributed by atoms with Gasteiger partial charge in [0.1, 0.15) is 6.61 Å². The highest BCUT2D eigenvalue weighted by atomic mass is 19.3. The zero-order valence-corrected chi connectivity index (χ0v) is 8.53. The van der Waals surface area contributed by atoms with Crippen LogP contribution in [0.15, 0.2) is 24.3 Å². The van der Waals surface area contributed by atoms with Gasteiger partial charge in [0.2, 0.25) is 5.91 Å². The molecule has 16 heavy (non-hydrogen) atoms. The fraction of sp³-hybridized carbons (Fsp3) is 0.364. The first kappa shape index (κ1) is 11.0. The van der Waals surface area contributed by atoms with Crippen molar-refractivity contribution in [1.82, 2.24) is 4.90 Å². The summed E-state index contributed by atoms with van der Waals surface area (Å²) in [5.41, 5.74) is 2.13. The van der Waals surface area contributed by atoms with E-state index < -0.39 is 19.1 Å². The van der Waals surface area contributed by atoms with Gasteiger partial charge in [0, 0.05) is 13.1 Å². The Kier molecular flexibility index (Phi) is 3.14. The summed E-state index contributed by atoms with van der Waals surface area (Å²) in [6.07, 6.45) is 0. The van der Waals surface area contributed by atoms with Gasteiger partial charge in [-0.2, -0.15) is 8.78 Å². The number of ether oxygens (including phenoxy) is 1. The Morgan fingerprint density at radius 2 is 1.88 bits per heavy atom. The van der Waals surface area contributed by atoms with Crippen LogP contribution in [-0.2, 0) is 22.6 Å². The third-order valence-corrected chi connectivity index (χ3v) is 2.53. The van der Waals surface area contributed by atoms with Crippen molar-refractivity contribution in [3.05, 3.63) is 35.4 Å². The Bertz CT molecular complexity index is 370. The molecule has 0 atom stereocenters. The summed E-state index contributed by atoms with van der Waals surface area (Å²) >= 11 is 0. The van der Waals surface area contributed by atoms with Crippen molar-refractivity contribution in [3.8, 4) is 0 Å². The number of amides is 1. The molecule has 0 radical (unpaired) electrons. The van der Waals surface area contributed by atoms with Crippen LogP contribution in [0.25, 0.3) is 0 Å². The van der Waals surface area contributed by atoms with Gasteiger partial charge in [-0.3, -0.25) is 4.79 Å². The maximum absolute atomic E-state index is 11.8. The molecule has 0 spiro atoms. The lowest BCUT2D eigenvalue weighted by Gasteiger charge is -2.14. The number of benzene rings is 1. The maximum Gasteiger partial charge on any atom is 0.345 e. The molecule has 0 bridgehead atoms. The van der Waals surface area contributed by atoms with Crippen LogP contribution in [0, 0.1) is 0 Å². The molecule has 0 fully saturated rings. The minimum Gasteiger partial charge on any atom is -0.332 e. The molecule has 86 valence electrons. The van der Waals surface area contributed by atoms with E-state index in [2.05, 4.69) is 4.74 Å². The summed E-state index contributed by atoms with van der Waals surface area (Å²) in [5.74, 6) is -0.406. The molecule has 1 aromatic carbocycles. The topological polar surface area (TPSA) is 29.5 Å². The fourth-order valence-electron chi connectivity index (χ4n) is 1.74. The second-order valence-electron chi connectivity index (χ2n) is 3.59. The summed E-state index contributed by atoms with van der Waals surface area (Å²) in [7, 11) is 0. The van der Waals surface area contributed by atoms with Crippen LogP contribution >= 0.6 is 0 Å². The number of hydrogen-bond acceptors (Lipinski definition) is 2. The fourth-order valence-corrected chi connectivity index (χ4v) is 1.74. The van der Waals surface area contributed by atoms with E-state index in [4.69, 9.17) is 0 Å². The minimum absolute atomic E-state index is 0.406. The van der Waals surface area contributed by atoms with E-state index >= 15 is 0 Å². The summed E-state index contributed by atoms with van der Waals surface area (Å²) in [5, 5.41) is 0. The van der Waals surface area contributed by atoms with Crippen LogP contribution in [0.4, 0.5) is 8.78 Å². The quantitative estimate of drug-likeness (QED) is 0.787. The number of rotatable bonds is 3. The average Bonchev–Trinajstić information content (AvgIpc) is 2.69. The third kappa shape index (κ3) is 2.36. The van der Waals surface area contributed by atoms with Gasteiger partial charge < -0.3 is 9.64 Å². The molecule has 0 aromatic heterocycles. The average molecular weight is 227 g/mol. The Labute approximate surface area is 91.6 Å². The monoisotopic (exact) mass is 227 g/mol. The van der Waals surface area contributed by atoms with E-state index in [1.165, 1.54) is 4.90 Å². The Hall–Kier alpha value is -1.49. The van der Waals surface area contributed by atoms with E-state index in [-0.39, 0.29) is 0 Å². The largest absolute Gasteiger partial charge is 0.345 e. The first-order valence-electron chi connectivity index (χ1n) is 4.91. The van der Waals surface area contributed by atoms with Crippen molar-refractivity contribution in [1.29, 1.82) is 0 Å². The molecular weight excluding hydrogens is 216 g/mol. The molecule has 1 heterocycles. The lowest BCUT2D eigenvalue weighted by atomic mass is 10.1. The number of nitrogens with zero attached hydrogens (tertiary/aromatic N) is 1. The van der Waals surface area contributed by atoms with Gasteiger partial charge in [0.05, 0.1) is 0 Å². The highest BCUT2D eigenvalue weighted by molar-refractivity contribution is 5.78. The predicted octanol–water partition coefficient (Wildman–Crippen LogP) is 1.77. The van der Waals surface area contributed by atoms with Crippen molar-refractivity contribution in [2.75, 3.05) is 6.61 Å². The molecule has 1 aliphatic rings. The first-order valence-corrected chi connectivity index (χ1v) is 4.91. The van der Waals surface area contributed by atoms with E-state index in [1.54, 1.807) is 0 Å². The van der Waals surface area contributed by atoms with E-state index in [1.807, 2.05) is 24.3 Å². The summed E-state index contributed by atoms with van der Waals surface area (Å²) in [6.45, 7) is -2.51. The van der Waals surface area contributed by atoms with Crippen LogP contribution < -0.4 is 0 Å². The van der Waals surface area contributed by atoms with Gasteiger partial charge in [-0.25, -0.2) is 0 Å². The van der Waals surface area contributed by atoms with Crippen molar-refractivity contribution in [2.45, 2.75) is 19.7 Å². The van der Waals surface area contributed by atoms with Crippen molar-refractivity contribution in [3.63, 3.8) is 0 Å². The third-order valence-electron chi connectivity index (χ3n) is 2.53. The predicted molar refractivity (Wildman–Crippen MR) is 52.7 cm³/mol. The summed E-state index contributed by atoms with van der Waals surface area (Å²) in [6, 6.07) is 7.64. The number of carbonyl (C=O) groups excluding carboxylic acids is 1. The number of fused-ring (bicyclic) bond motifs is 1. The van der Waals surface area contributed by atoms with E-state index in [0.717, 1.165) is 11.1 Å². The van der Waals surface area contributed by atoms with Crippen molar-refractivity contribution >= 4 is 5.91 Å². The zero-order valence-electron chi connectivity index (χ0n) is 8.53. The molecule has 0 N–H and O–H groups in total. The van der Waals surface area contributed by atoms with Crippen LogP contribution in [-0.4, -0.2) is 24.0 Å². The Balaban J connectivity index is 1.93. The van der Waals surface area contributed by atoms with Gasteiger partial charge in [-0.1, -0.05) is 24.3 Å². The minimum atomic E-state index is -2.89. The lowest BCUT2D eigenvalue weighted by molar-refractivity contribution is -0.160. The van der Waals surface area contributed by atoms with E-state index in [9.17, 15) is 13.6 Å². The molecule has 0 saturated heterocycles. The Morgan fingerprint density at radius 1 is 1.31 bits per heavy atom. The summed E-state index contributed by atoms with van der Waals surface area (Å²) < 4.78 is 27.5. The zero-order chi connectivity index (χ0) is 11.5. The number of carbonyl (C=O) groups is 1. The van der Waals surface area contributed by atoms with Gasteiger partial charge in [-0.15, -0.1) is 0 Å². The molecule has 1 aliphatic heterocycles. The Morgan fingerprint density at radius 3 is 2.38 bits per heavy atom. The number of halogens is 2. The van der Waals surface area contributed by atoms with Crippen LogP contribution in [0.1, 0.15) is 11.1 Å². The first-order chi connectivity index (χ1) is 7.66. The lowest BCUT2D eigenvalue weighted by Crippen LogP contribution is -2.29. The molecule has 0 saturated carbocycles. The molecule has 1 aromatic rings. The van der Waals surface area contributed by atoms with Gasteiger partial charge >= 0.3 is 6.61 Å². The number of alkyl halides is 2. The molecule has 1 amide bonds. The van der Waals surface area contributed by atoms with Crippen molar-refractivity contribution in [2.24, 2.45) is 0 Å². The smallest absolute Gasteiger partial charge is 0.332 e. The van der Waals surface area contributed by atoms with Crippen LogP contribution in [0.5, 0.6) is 0 Å².